The smallest absolute Gasteiger partial charge is 0.331 e. The minimum Gasteiger partial charge on any atom is -0.392 e. The van der Waals surface area contributed by atoms with Crippen molar-refractivity contribution in [2.45, 2.75) is 33.0 Å². The largest absolute Gasteiger partial charge is 0.392 e. The third-order valence-electron chi connectivity index (χ3n) is 1.77. The van der Waals surface area contributed by atoms with Gasteiger partial charge < -0.3 is 20.3 Å². The van der Waals surface area contributed by atoms with Crippen LogP contribution in [0.3, 0.4) is 0 Å². The molecule has 0 heterocycles. The van der Waals surface area contributed by atoms with Crippen LogP contribution in [-0.4, -0.2) is 59.9 Å². The van der Waals surface area contributed by atoms with Gasteiger partial charge in [0, 0.05) is 19.7 Å². The van der Waals surface area contributed by atoms with E-state index in [0.29, 0.717) is 6.61 Å². The highest BCUT2D eigenvalue weighted by Crippen LogP contribution is 1.91. The number of carbonyl (C=O) groups is 1. The first-order valence-corrected chi connectivity index (χ1v) is 5.69. The summed E-state index contributed by atoms with van der Waals surface area (Å²) in [6.45, 7) is 6.17. The molecular formula is C10H23N3O4. The number of nitrogens with zero attached hydrogens (tertiary/aromatic N) is 1. The number of carbonyl (C=O) groups excluding carboxylic acids is 1. The van der Waals surface area contributed by atoms with Crippen LogP contribution in [-0.2, 0) is 4.74 Å². The molecule has 17 heavy (non-hydrogen) atoms. The molecule has 0 spiro atoms. The first kappa shape index (κ1) is 16.1. The van der Waals surface area contributed by atoms with Crippen LogP contribution < -0.4 is 10.7 Å². The van der Waals surface area contributed by atoms with E-state index in [0.717, 1.165) is 0 Å². The van der Waals surface area contributed by atoms with Gasteiger partial charge in [0.1, 0.15) is 6.73 Å². The zero-order valence-electron chi connectivity index (χ0n) is 10.6. The Morgan fingerprint density at radius 2 is 1.82 bits per heavy atom. The lowest BCUT2D eigenvalue weighted by Crippen LogP contribution is -2.52. The fraction of sp³-hybridized carbons (Fsp3) is 0.900. The maximum Gasteiger partial charge on any atom is 0.331 e. The van der Waals surface area contributed by atoms with Crippen LogP contribution in [0.15, 0.2) is 0 Å². The lowest BCUT2D eigenvalue weighted by molar-refractivity contribution is 0.0575. The summed E-state index contributed by atoms with van der Waals surface area (Å²) in [5.74, 6) is 0. The molecule has 7 heteroatoms. The molecule has 0 aromatic heterocycles. The average Bonchev–Trinajstić information content (AvgIpc) is 2.15. The van der Waals surface area contributed by atoms with Crippen LogP contribution in [0.4, 0.5) is 4.79 Å². The molecule has 0 aliphatic heterocycles. The lowest BCUT2D eigenvalue weighted by Gasteiger charge is -2.25. The topological polar surface area (TPSA) is 94.1 Å². The Bertz CT molecular complexity index is 202. The number of hydrogen-bond donors (Lipinski definition) is 4. The van der Waals surface area contributed by atoms with Gasteiger partial charge in [-0.25, -0.2) is 9.80 Å². The van der Waals surface area contributed by atoms with Crippen molar-refractivity contribution in [3.63, 3.8) is 0 Å². The quantitative estimate of drug-likeness (QED) is 0.258. The van der Waals surface area contributed by atoms with E-state index >= 15 is 0 Å². The highest BCUT2D eigenvalue weighted by atomic mass is 16.5. The highest BCUT2D eigenvalue weighted by molar-refractivity contribution is 5.73. The molecule has 0 radical (unpaired) electrons. The molecule has 4 N–H and O–H groups in total. The molecule has 0 aliphatic carbocycles. The molecule has 2 amide bonds. The van der Waals surface area contributed by atoms with Gasteiger partial charge in [-0.2, -0.15) is 0 Å². The summed E-state index contributed by atoms with van der Waals surface area (Å²) in [6, 6.07) is -0.431. The molecule has 0 aromatic rings. The first-order valence-electron chi connectivity index (χ1n) is 5.69. The van der Waals surface area contributed by atoms with Crippen LogP contribution in [0, 0.1) is 0 Å². The Kier molecular flexibility index (Phi) is 8.69. The van der Waals surface area contributed by atoms with Crippen molar-refractivity contribution < 1.29 is 19.7 Å². The second-order valence-corrected chi connectivity index (χ2v) is 3.86. The zero-order chi connectivity index (χ0) is 13.3. The van der Waals surface area contributed by atoms with Gasteiger partial charge >= 0.3 is 6.03 Å². The van der Waals surface area contributed by atoms with Crippen molar-refractivity contribution in [1.82, 2.24) is 15.8 Å². The number of aliphatic hydroxyl groups is 2. The summed E-state index contributed by atoms with van der Waals surface area (Å²) in [5.41, 5.74) is 2.52. The van der Waals surface area contributed by atoms with Crippen LogP contribution >= 0.6 is 0 Å². The summed E-state index contributed by atoms with van der Waals surface area (Å²) >= 11 is 0. The summed E-state index contributed by atoms with van der Waals surface area (Å²) < 4.78 is 4.96. The lowest BCUT2D eigenvalue weighted by atomic mass is 10.3. The van der Waals surface area contributed by atoms with Gasteiger partial charge in [0.05, 0.1) is 12.2 Å². The van der Waals surface area contributed by atoms with E-state index in [2.05, 4.69) is 10.7 Å². The monoisotopic (exact) mass is 249 g/mol. The van der Waals surface area contributed by atoms with Crippen LogP contribution in [0.1, 0.15) is 20.8 Å². The predicted octanol–water partition coefficient (Wildman–Crippen LogP) is -0.742. The number of nitrogens with one attached hydrogen (secondary N) is 2. The summed E-state index contributed by atoms with van der Waals surface area (Å²) in [7, 11) is 0. The van der Waals surface area contributed by atoms with Crippen molar-refractivity contribution in [2.24, 2.45) is 0 Å². The average molecular weight is 249 g/mol. The Balaban J connectivity index is 3.99. The number of aliphatic hydroxyl groups excluding tert-OH is 2. The first-order chi connectivity index (χ1) is 7.95. The van der Waals surface area contributed by atoms with Gasteiger partial charge in [0.25, 0.3) is 0 Å². The molecule has 102 valence electrons. The van der Waals surface area contributed by atoms with Gasteiger partial charge in [0.2, 0.25) is 0 Å². The van der Waals surface area contributed by atoms with E-state index in [1.165, 1.54) is 5.01 Å². The van der Waals surface area contributed by atoms with Gasteiger partial charge in [-0.05, 0) is 20.8 Å². The van der Waals surface area contributed by atoms with Crippen LogP contribution in [0.25, 0.3) is 0 Å². The number of hydrogen-bond acceptors (Lipinski definition) is 5. The molecule has 0 rings (SSSR count). The van der Waals surface area contributed by atoms with E-state index in [9.17, 15) is 15.0 Å². The normalized spacial score (nSPS) is 14.5. The maximum atomic E-state index is 11.4. The van der Waals surface area contributed by atoms with Crippen LogP contribution in [0.5, 0.6) is 0 Å². The third-order valence-corrected chi connectivity index (χ3v) is 1.77. The standard InChI is InChI=1S/C10H23N3O4/c1-4-17-7-11-10(16)12-13(5-8(2)14)6-9(3)15/h8-9,14-15H,4-7H2,1-3H3,(H2,11,12,16). The summed E-state index contributed by atoms with van der Waals surface area (Å²) in [4.78, 5) is 11.4. The molecule has 0 bridgehead atoms. The third kappa shape index (κ3) is 10.0. The van der Waals surface area contributed by atoms with Crippen molar-refractivity contribution >= 4 is 6.03 Å². The van der Waals surface area contributed by atoms with Crippen molar-refractivity contribution in [2.75, 3.05) is 26.4 Å². The SMILES string of the molecule is CCOCNC(=O)NN(CC(C)O)CC(C)O. The highest BCUT2D eigenvalue weighted by Gasteiger charge is 2.13. The van der Waals surface area contributed by atoms with Crippen molar-refractivity contribution in [3.05, 3.63) is 0 Å². The number of ether oxygens (including phenoxy) is 1. The summed E-state index contributed by atoms with van der Waals surface area (Å²) in [6.07, 6.45) is -1.19. The molecule has 0 saturated heterocycles. The number of hydrazine groups is 1. The Labute approximate surface area is 102 Å². The maximum absolute atomic E-state index is 11.4. The fourth-order valence-corrected chi connectivity index (χ4v) is 1.21. The van der Waals surface area contributed by atoms with E-state index in [1.54, 1.807) is 13.8 Å². The van der Waals surface area contributed by atoms with Crippen LogP contribution in [0.2, 0.25) is 0 Å². The van der Waals surface area contributed by atoms with E-state index in [4.69, 9.17) is 4.74 Å². The second-order valence-electron chi connectivity index (χ2n) is 3.86. The zero-order valence-corrected chi connectivity index (χ0v) is 10.6. The Hall–Kier alpha value is -0.890. The molecular weight excluding hydrogens is 226 g/mol. The number of rotatable bonds is 8. The van der Waals surface area contributed by atoms with Crippen molar-refractivity contribution in [3.8, 4) is 0 Å². The minimum atomic E-state index is -0.596. The summed E-state index contributed by atoms with van der Waals surface area (Å²) in [5, 5.41) is 22.4. The number of urea groups is 1. The Morgan fingerprint density at radius 1 is 1.29 bits per heavy atom. The molecule has 7 nitrogen and oxygen atoms in total. The molecule has 2 unspecified atom stereocenters. The number of amides is 2. The predicted molar refractivity (Wildman–Crippen MR) is 63.1 cm³/mol. The van der Waals surface area contributed by atoms with Crippen molar-refractivity contribution in [1.29, 1.82) is 0 Å². The van der Waals surface area contributed by atoms with Gasteiger partial charge in [-0.3, -0.25) is 5.43 Å². The molecule has 0 fully saturated rings. The molecule has 0 aliphatic rings. The fourth-order valence-electron chi connectivity index (χ4n) is 1.21. The van der Waals surface area contributed by atoms with Gasteiger partial charge in [-0.15, -0.1) is 0 Å². The molecule has 0 aromatic carbocycles. The molecule has 0 saturated carbocycles. The van der Waals surface area contributed by atoms with E-state index < -0.39 is 18.2 Å². The van der Waals surface area contributed by atoms with E-state index in [1.807, 2.05) is 6.92 Å². The second kappa shape index (κ2) is 9.17. The minimum absolute atomic E-state index is 0.125. The Morgan fingerprint density at radius 3 is 2.24 bits per heavy atom. The molecule has 2 atom stereocenters. The van der Waals surface area contributed by atoms with Gasteiger partial charge in [-0.1, -0.05) is 0 Å². The van der Waals surface area contributed by atoms with Gasteiger partial charge in [0.15, 0.2) is 0 Å². The van der Waals surface area contributed by atoms with E-state index in [-0.39, 0.29) is 19.8 Å².